The Bertz CT molecular complexity index is 586. The van der Waals surface area contributed by atoms with Crippen molar-refractivity contribution in [3.8, 4) is 11.5 Å². The standard InChI is InChI=1S/C15H18BrNO5/c1-4-5-6-11(15(19)20)17-14(18)9-7-10(16)13(22-3)12(8-9)21-2/h4-5,7-8,11H,6H2,1-3H3,(H,17,18)(H,19,20)/b5-4+. The Hall–Kier alpha value is -2.02. The highest BCUT2D eigenvalue weighted by molar-refractivity contribution is 9.10. The molecule has 0 aliphatic carbocycles. The van der Waals surface area contributed by atoms with E-state index in [2.05, 4.69) is 21.2 Å². The molecular formula is C15H18BrNO5. The van der Waals surface area contributed by atoms with Crippen molar-refractivity contribution in [3.63, 3.8) is 0 Å². The van der Waals surface area contributed by atoms with Crippen LogP contribution in [0, 0.1) is 0 Å². The zero-order chi connectivity index (χ0) is 16.7. The number of halogens is 1. The normalized spacial score (nSPS) is 12.0. The van der Waals surface area contributed by atoms with Crippen LogP contribution in [0.15, 0.2) is 28.8 Å². The number of amides is 1. The molecule has 22 heavy (non-hydrogen) atoms. The molecule has 0 spiro atoms. The fourth-order valence-electron chi connectivity index (χ4n) is 1.78. The number of carboxylic acid groups (broad SMARTS) is 1. The number of allylic oxidation sites excluding steroid dienone is 1. The van der Waals surface area contributed by atoms with Crippen molar-refractivity contribution in [1.29, 1.82) is 0 Å². The Balaban J connectivity index is 3.02. The molecule has 0 aliphatic heterocycles. The monoisotopic (exact) mass is 371 g/mol. The minimum atomic E-state index is -1.09. The Morgan fingerprint density at radius 1 is 1.36 bits per heavy atom. The molecule has 0 heterocycles. The third-order valence-corrected chi connectivity index (χ3v) is 3.50. The number of hydrogen-bond donors (Lipinski definition) is 2. The zero-order valence-electron chi connectivity index (χ0n) is 12.6. The Kier molecular flexibility index (Phi) is 6.91. The molecular weight excluding hydrogens is 354 g/mol. The molecule has 120 valence electrons. The first-order chi connectivity index (χ1) is 10.4. The molecule has 1 aromatic rings. The van der Waals surface area contributed by atoms with Gasteiger partial charge < -0.3 is 19.9 Å². The van der Waals surface area contributed by atoms with Gasteiger partial charge in [0.2, 0.25) is 0 Å². The summed E-state index contributed by atoms with van der Waals surface area (Å²) >= 11 is 3.29. The highest BCUT2D eigenvalue weighted by Gasteiger charge is 2.21. The highest BCUT2D eigenvalue weighted by Crippen LogP contribution is 2.36. The summed E-state index contributed by atoms with van der Waals surface area (Å²) in [6.45, 7) is 1.78. The topological polar surface area (TPSA) is 84.9 Å². The third-order valence-electron chi connectivity index (χ3n) is 2.91. The molecule has 0 aliphatic rings. The van der Waals surface area contributed by atoms with E-state index in [-0.39, 0.29) is 12.0 Å². The van der Waals surface area contributed by atoms with Crippen LogP contribution in [0.4, 0.5) is 0 Å². The van der Waals surface area contributed by atoms with Crippen LogP contribution < -0.4 is 14.8 Å². The van der Waals surface area contributed by atoms with Crippen LogP contribution in [0.2, 0.25) is 0 Å². The third kappa shape index (κ3) is 4.49. The second kappa shape index (κ2) is 8.43. The molecule has 0 aromatic heterocycles. The van der Waals surface area contributed by atoms with Crippen molar-refractivity contribution < 1.29 is 24.2 Å². The molecule has 2 N–H and O–H groups in total. The first-order valence-corrected chi connectivity index (χ1v) is 7.30. The van der Waals surface area contributed by atoms with Gasteiger partial charge in [-0.3, -0.25) is 4.79 Å². The largest absolute Gasteiger partial charge is 0.493 e. The maximum Gasteiger partial charge on any atom is 0.326 e. The van der Waals surface area contributed by atoms with Gasteiger partial charge in [-0.05, 0) is 41.4 Å². The van der Waals surface area contributed by atoms with Gasteiger partial charge >= 0.3 is 5.97 Å². The van der Waals surface area contributed by atoms with Gasteiger partial charge in [-0.1, -0.05) is 12.2 Å². The Labute approximate surface area is 137 Å². The van der Waals surface area contributed by atoms with Gasteiger partial charge in [-0.15, -0.1) is 0 Å². The number of rotatable bonds is 7. The van der Waals surface area contributed by atoms with Gasteiger partial charge in [-0.25, -0.2) is 4.79 Å². The number of carboxylic acids is 1. The first kappa shape index (κ1) is 18.0. The van der Waals surface area contributed by atoms with E-state index in [1.807, 2.05) is 0 Å². The fraction of sp³-hybridized carbons (Fsp3) is 0.333. The van der Waals surface area contributed by atoms with Gasteiger partial charge in [0.05, 0.1) is 18.7 Å². The predicted molar refractivity (Wildman–Crippen MR) is 85.6 cm³/mol. The number of carbonyl (C=O) groups is 2. The summed E-state index contributed by atoms with van der Waals surface area (Å²) in [5.41, 5.74) is 0.274. The van der Waals surface area contributed by atoms with Crippen molar-refractivity contribution in [2.45, 2.75) is 19.4 Å². The molecule has 0 bridgehead atoms. The number of aliphatic carboxylic acids is 1. The first-order valence-electron chi connectivity index (χ1n) is 6.50. The average molecular weight is 372 g/mol. The number of hydrogen-bond acceptors (Lipinski definition) is 4. The second-order valence-electron chi connectivity index (χ2n) is 4.36. The van der Waals surface area contributed by atoms with Gasteiger partial charge in [0, 0.05) is 5.56 Å². The van der Waals surface area contributed by atoms with E-state index < -0.39 is 17.9 Å². The van der Waals surface area contributed by atoms with Gasteiger partial charge in [0.25, 0.3) is 5.91 Å². The van der Waals surface area contributed by atoms with E-state index in [4.69, 9.17) is 14.6 Å². The van der Waals surface area contributed by atoms with Crippen molar-refractivity contribution >= 4 is 27.8 Å². The molecule has 0 saturated heterocycles. The van der Waals surface area contributed by atoms with Crippen LogP contribution >= 0.6 is 15.9 Å². The Morgan fingerprint density at radius 2 is 2.05 bits per heavy atom. The number of methoxy groups -OCH3 is 2. The molecule has 7 heteroatoms. The molecule has 6 nitrogen and oxygen atoms in total. The molecule has 0 saturated carbocycles. The van der Waals surface area contributed by atoms with Crippen LogP contribution in [0.5, 0.6) is 11.5 Å². The van der Waals surface area contributed by atoms with Crippen LogP contribution in [-0.2, 0) is 4.79 Å². The number of benzene rings is 1. The van der Waals surface area contributed by atoms with Crippen molar-refractivity contribution in [2.75, 3.05) is 14.2 Å². The summed E-state index contributed by atoms with van der Waals surface area (Å²) in [7, 11) is 2.94. The summed E-state index contributed by atoms with van der Waals surface area (Å²) in [4.78, 5) is 23.4. The lowest BCUT2D eigenvalue weighted by Crippen LogP contribution is -2.40. The Morgan fingerprint density at radius 3 is 2.55 bits per heavy atom. The second-order valence-corrected chi connectivity index (χ2v) is 5.22. The molecule has 1 unspecified atom stereocenters. The van der Waals surface area contributed by atoms with Crippen LogP contribution in [0.1, 0.15) is 23.7 Å². The fourth-order valence-corrected chi connectivity index (χ4v) is 2.39. The number of carbonyl (C=O) groups excluding carboxylic acids is 1. The number of nitrogens with one attached hydrogen (secondary N) is 1. The van der Waals surface area contributed by atoms with E-state index in [0.29, 0.717) is 16.0 Å². The van der Waals surface area contributed by atoms with E-state index in [1.54, 1.807) is 25.1 Å². The zero-order valence-corrected chi connectivity index (χ0v) is 14.1. The van der Waals surface area contributed by atoms with E-state index in [0.717, 1.165) is 0 Å². The van der Waals surface area contributed by atoms with Crippen LogP contribution in [0.3, 0.4) is 0 Å². The van der Waals surface area contributed by atoms with Crippen LogP contribution in [0.25, 0.3) is 0 Å². The lowest BCUT2D eigenvalue weighted by atomic mass is 10.1. The summed E-state index contributed by atoms with van der Waals surface area (Å²) in [5, 5.41) is 11.6. The maximum atomic E-state index is 12.2. The summed E-state index contributed by atoms with van der Waals surface area (Å²) in [6.07, 6.45) is 3.63. The molecule has 1 atom stereocenters. The molecule has 1 aromatic carbocycles. The van der Waals surface area contributed by atoms with Gasteiger partial charge in [0.15, 0.2) is 11.5 Å². The summed E-state index contributed by atoms with van der Waals surface area (Å²) in [5.74, 6) is -0.755. The average Bonchev–Trinajstić information content (AvgIpc) is 2.49. The van der Waals surface area contributed by atoms with Crippen molar-refractivity contribution in [2.24, 2.45) is 0 Å². The van der Waals surface area contributed by atoms with Crippen molar-refractivity contribution in [1.82, 2.24) is 5.32 Å². The quantitative estimate of drug-likeness (QED) is 0.719. The van der Waals surface area contributed by atoms with E-state index in [1.165, 1.54) is 20.3 Å². The summed E-state index contributed by atoms with van der Waals surface area (Å²) < 4.78 is 10.9. The predicted octanol–water partition coefficient (Wildman–Crippen LogP) is 2.62. The van der Waals surface area contributed by atoms with E-state index in [9.17, 15) is 9.59 Å². The lowest BCUT2D eigenvalue weighted by Gasteiger charge is -2.15. The maximum absolute atomic E-state index is 12.2. The molecule has 0 fully saturated rings. The van der Waals surface area contributed by atoms with Crippen LogP contribution in [-0.4, -0.2) is 37.2 Å². The van der Waals surface area contributed by atoms with Crippen molar-refractivity contribution in [3.05, 3.63) is 34.3 Å². The minimum Gasteiger partial charge on any atom is -0.493 e. The summed E-state index contributed by atoms with van der Waals surface area (Å²) in [6, 6.07) is 2.05. The van der Waals surface area contributed by atoms with E-state index >= 15 is 0 Å². The molecule has 1 amide bonds. The SMILES string of the molecule is C/C=C/CC(NC(=O)c1cc(Br)c(OC)c(OC)c1)C(=O)O. The minimum absolute atomic E-state index is 0.214. The smallest absolute Gasteiger partial charge is 0.326 e. The lowest BCUT2D eigenvalue weighted by molar-refractivity contribution is -0.139. The van der Waals surface area contributed by atoms with Gasteiger partial charge in [0.1, 0.15) is 6.04 Å². The molecule has 0 radical (unpaired) electrons. The van der Waals surface area contributed by atoms with Gasteiger partial charge in [-0.2, -0.15) is 0 Å². The molecule has 1 rings (SSSR count). The highest BCUT2D eigenvalue weighted by atomic mass is 79.9. The number of ether oxygens (including phenoxy) is 2.